The lowest BCUT2D eigenvalue weighted by atomic mass is 10.2. The van der Waals surface area contributed by atoms with Crippen molar-refractivity contribution in [1.82, 2.24) is 14.3 Å². The molecule has 2 rings (SSSR count). The topological polar surface area (TPSA) is 113 Å². The first kappa shape index (κ1) is 23.3. The maximum Gasteiger partial charge on any atom is 0.242 e. The number of carbonyl (C=O) groups is 1. The molecule has 8 nitrogen and oxygen atoms in total. The highest BCUT2D eigenvalue weighted by molar-refractivity contribution is 7.89. The van der Waals surface area contributed by atoms with Crippen LogP contribution in [0.1, 0.15) is 12.5 Å². The van der Waals surface area contributed by atoms with E-state index in [1.165, 1.54) is 51.4 Å². The summed E-state index contributed by atoms with van der Waals surface area (Å²) in [6, 6.07) is 10.7. The SMILES string of the molecule is C[C@H](NS(=O)(=O)c1ccc(Cl)cc1)C(=O)NCc1ccccc1S(=O)(=O)N(C)C. The van der Waals surface area contributed by atoms with Gasteiger partial charge in [-0.2, -0.15) is 4.72 Å². The summed E-state index contributed by atoms with van der Waals surface area (Å²) in [5.41, 5.74) is 0.391. The number of amides is 1. The predicted molar refractivity (Wildman–Crippen MR) is 110 cm³/mol. The molecule has 0 fully saturated rings. The van der Waals surface area contributed by atoms with Gasteiger partial charge < -0.3 is 5.32 Å². The van der Waals surface area contributed by atoms with Crippen molar-refractivity contribution in [2.45, 2.75) is 29.3 Å². The molecule has 158 valence electrons. The fourth-order valence-corrected chi connectivity index (χ4v) is 4.85. The van der Waals surface area contributed by atoms with E-state index in [2.05, 4.69) is 10.0 Å². The predicted octanol–water partition coefficient (Wildman–Crippen LogP) is 1.57. The smallest absolute Gasteiger partial charge is 0.242 e. The van der Waals surface area contributed by atoms with E-state index in [1.54, 1.807) is 18.2 Å². The maximum absolute atomic E-state index is 12.4. The fraction of sp³-hybridized carbons (Fsp3) is 0.278. The van der Waals surface area contributed by atoms with Gasteiger partial charge in [0, 0.05) is 25.7 Å². The molecule has 0 aliphatic rings. The van der Waals surface area contributed by atoms with Crippen LogP contribution in [0.5, 0.6) is 0 Å². The van der Waals surface area contributed by atoms with Crippen molar-refractivity contribution < 1.29 is 21.6 Å². The van der Waals surface area contributed by atoms with Crippen LogP contribution in [0.15, 0.2) is 58.3 Å². The van der Waals surface area contributed by atoms with Crippen molar-refractivity contribution in [3.63, 3.8) is 0 Å². The van der Waals surface area contributed by atoms with Crippen molar-refractivity contribution in [1.29, 1.82) is 0 Å². The molecule has 1 atom stereocenters. The number of hydrogen-bond donors (Lipinski definition) is 2. The normalized spacial score (nSPS) is 13.3. The third-order valence-electron chi connectivity index (χ3n) is 4.03. The fourth-order valence-electron chi connectivity index (χ4n) is 2.40. The monoisotopic (exact) mass is 459 g/mol. The number of halogens is 1. The van der Waals surface area contributed by atoms with Gasteiger partial charge in [-0.25, -0.2) is 21.1 Å². The van der Waals surface area contributed by atoms with Crippen LogP contribution >= 0.6 is 11.6 Å². The summed E-state index contributed by atoms with van der Waals surface area (Å²) in [6.45, 7) is 1.32. The third-order valence-corrected chi connectivity index (χ3v) is 7.76. The summed E-state index contributed by atoms with van der Waals surface area (Å²) in [5.74, 6) is -0.598. The van der Waals surface area contributed by atoms with Gasteiger partial charge in [0.1, 0.15) is 0 Å². The van der Waals surface area contributed by atoms with Gasteiger partial charge in [0.05, 0.1) is 15.8 Å². The molecule has 2 N–H and O–H groups in total. The zero-order valence-electron chi connectivity index (χ0n) is 16.1. The molecule has 0 radical (unpaired) electrons. The van der Waals surface area contributed by atoms with E-state index in [4.69, 9.17) is 11.6 Å². The summed E-state index contributed by atoms with van der Waals surface area (Å²) in [6.07, 6.45) is 0. The Morgan fingerprint density at radius 1 is 1.03 bits per heavy atom. The maximum atomic E-state index is 12.4. The molecule has 0 saturated carbocycles. The first-order valence-corrected chi connectivity index (χ1v) is 11.8. The van der Waals surface area contributed by atoms with E-state index in [0.717, 1.165) is 4.31 Å². The Bertz CT molecular complexity index is 1080. The van der Waals surface area contributed by atoms with Crippen molar-refractivity contribution in [3.8, 4) is 0 Å². The van der Waals surface area contributed by atoms with Crippen molar-refractivity contribution in [2.24, 2.45) is 0 Å². The largest absolute Gasteiger partial charge is 0.351 e. The summed E-state index contributed by atoms with van der Waals surface area (Å²) >= 11 is 5.76. The Balaban J connectivity index is 2.09. The number of rotatable bonds is 8. The Kier molecular flexibility index (Phi) is 7.41. The van der Waals surface area contributed by atoms with Gasteiger partial charge in [0.25, 0.3) is 0 Å². The van der Waals surface area contributed by atoms with Crippen LogP contribution in [-0.4, -0.2) is 47.2 Å². The average Bonchev–Trinajstić information content (AvgIpc) is 2.66. The molecule has 2 aromatic carbocycles. The number of sulfonamides is 2. The Morgan fingerprint density at radius 3 is 2.21 bits per heavy atom. The third kappa shape index (κ3) is 5.77. The highest BCUT2D eigenvalue weighted by Crippen LogP contribution is 2.18. The van der Waals surface area contributed by atoms with E-state index in [-0.39, 0.29) is 16.3 Å². The second kappa shape index (κ2) is 9.23. The molecule has 0 bridgehead atoms. The number of nitrogens with zero attached hydrogens (tertiary/aromatic N) is 1. The summed E-state index contributed by atoms with van der Waals surface area (Å²) in [7, 11) is -4.77. The molecule has 0 heterocycles. The Morgan fingerprint density at radius 2 is 1.62 bits per heavy atom. The lowest BCUT2D eigenvalue weighted by Gasteiger charge is -2.17. The summed E-state index contributed by atoms with van der Waals surface area (Å²) in [5, 5.41) is 2.95. The minimum Gasteiger partial charge on any atom is -0.351 e. The van der Waals surface area contributed by atoms with Gasteiger partial charge >= 0.3 is 0 Å². The zero-order valence-corrected chi connectivity index (χ0v) is 18.5. The first-order valence-electron chi connectivity index (χ1n) is 8.51. The van der Waals surface area contributed by atoms with Gasteiger partial charge in [-0.15, -0.1) is 0 Å². The van der Waals surface area contributed by atoms with Crippen molar-refractivity contribution in [2.75, 3.05) is 14.1 Å². The molecule has 0 aliphatic carbocycles. The van der Waals surface area contributed by atoms with Crippen LogP contribution in [0.2, 0.25) is 5.02 Å². The van der Waals surface area contributed by atoms with Crippen LogP contribution in [0.4, 0.5) is 0 Å². The molecule has 0 unspecified atom stereocenters. The van der Waals surface area contributed by atoms with E-state index >= 15 is 0 Å². The molecular formula is C18H22ClN3O5S2. The molecular weight excluding hydrogens is 438 g/mol. The molecule has 0 aliphatic heterocycles. The van der Waals surface area contributed by atoms with Crippen molar-refractivity contribution in [3.05, 3.63) is 59.1 Å². The first-order chi connectivity index (χ1) is 13.4. The number of carbonyl (C=O) groups excluding carboxylic acids is 1. The van der Waals surface area contributed by atoms with Crippen LogP contribution in [0.25, 0.3) is 0 Å². The molecule has 29 heavy (non-hydrogen) atoms. The lowest BCUT2D eigenvalue weighted by Crippen LogP contribution is -2.44. The van der Waals surface area contributed by atoms with Gasteiger partial charge in [-0.05, 0) is 42.8 Å². The Labute approximate surface area is 176 Å². The van der Waals surface area contributed by atoms with Gasteiger partial charge in [0.2, 0.25) is 26.0 Å². The summed E-state index contributed by atoms with van der Waals surface area (Å²) in [4.78, 5) is 12.4. The average molecular weight is 460 g/mol. The van der Waals surface area contributed by atoms with Gasteiger partial charge in [-0.1, -0.05) is 29.8 Å². The van der Waals surface area contributed by atoms with E-state index < -0.39 is 32.0 Å². The van der Waals surface area contributed by atoms with E-state index in [0.29, 0.717) is 10.6 Å². The molecule has 11 heteroatoms. The Hall–Kier alpha value is -1.98. The van der Waals surface area contributed by atoms with Crippen molar-refractivity contribution >= 4 is 37.6 Å². The van der Waals surface area contributed by atoms with Crippen LogP contribution < -0.4 is 10.0 Å². The minimum atomic E-state index is -3.92. The molecule has 0 spiro atoms. The number of benzene rings is 2. The zero-order chi connectivity index (χ0) is 21.8. The van der Waals surface area contributed by atoms with Gasteiger partial charge in [0.15, 0.2) is 0 Å². The molecule has 0 saturated heterocycles. The minimum absolute atomic E-state index is 0.0241. The number of nitrogens with one attached hydrogen (secondary N) is 2. The second-order valence-corrected chi connectivity index (χ2v) is 10.7. The lowest BCUT2D eigenvalue weighted by molar-refractivity contribution is -0.122. The molecule has 2 aromatic rings. The van der Waals surface area contributed by atoms with Gasteiger partial charge in [-0.3, -0.25) is 4.79 Å². The van der Waals surface area contributed by atoms with Crippen LogP contribution in [-0.2, 0) is 31.4 Å². The highest BCUT2D eigenvalue weighted by atomic mass is 35.5. The van der Waals surface area contributed by atoms with E-state index in [9.17, 15) is 21.6 Å². The number of hydrogen-bond acceptors (Lipinski definition) is 5. The standard InChI is InChI=1S/C18H22ClN3O5S2/c1-13(21-28(24,25)16-10-8-15(19)9-11-16)18(23)20-12-14-6-4-5-7-17(14)29(26,27)22(2)3/h4-11,13,21H,12H2,1-3H3,(H,20,23)/t13-/m0/s1. The van der Waals surface area contributed by atoms with Crippen LogP contribution in [0.3, 0.4) is 0 Å². The van der Waals surface area contributed by atoms with E-state index in [1.807, 2.05) is 0 Å². The second-order valence-electron chi connectivity index (χ2n) is 6.41. The molecule has 0 aromatic heterocycles. The van der Waals surface area contributed by atoms with Crippen LogP contribution in [0, 0.1) is 0 Å². The summed E-state index contributed by atoms with van der Waals surface area (Å²) < 4.78 is 52.9. The highest BCUT2D eigenvalue weighted by Gasteiger charge is 2.24. The molecule has 1 amide bonds. The quantitative estimate of drug-likeness (QED) is 0.622.